The van der Waals surface area contributed by atoms with E-state index in [9.17, 15) is 0 Å². The molecule has 0 aliphatic heterocycles. The van der Waals surface area contributed by atoms with Crippen LogP contribution in [0, 0.1) is 11.8 Å². The summed E-state index contributed by atoms with van der Waals surface area (Å²) < 4.78 is 5.38. The molecule has 1 N–H and O–H groups in total. The molecule has 0 saturated heterocycles. The molecule has 4 atom stereocenters. The van der Waals surface area contributed by atoms with Gasteiger partial charge in [0.2, 0.25) is 0 Å². The number of hydrogen-bond acceptors (Lipinski definition) is 2. The number of fused-ring (bicyclic) bond motifs is 3. The summed E-state index contributed by atoms with van der Waals surface area (Å²) in [5.41, 5.74) is 3.00. The molecule has 0 spiro atoms. The molecule has 2 bridgehead atoms. The molecule has 2 heteroatoms. The minimum atomic E-state index is 0.564. The van der Waals surface area contributed by atoms with Crippen LogP contribution in [0.4, 0.5) is 0 Å². The molecule has 0 heterocycles. The number of aryl methyl sites for hydroxylation is 1. The van der Waals surface area contributed by atoms with Crippen LogP contribution in [0.3, 0.4) is 0 Å². The lowest BCUT2D eigenvalue weighted by Gasteiger charge is -2.27. The predicted octanol–water partition coefficient (Wildman–Crippen LogP) is 3.46. The maximum absolute atomic E-state index is 5.38. The molecular weight excluding hydrogens is 234 g/mol. The minimum Gasteiger partial charge on any atom is -0.497 e. The number of rotatable bonds is 3. The second kappa shape index (κ2) is 4.52. The fourth-order valence-corrected chi connectivity index (χ4v) is 4.59. The molecular formula is C17H23NO. The highest BCUT2D eigenvalue weighted by atomic mass is 16.5. The van der Waals surface area contributed by atoms with Crippen LogP contribution in [0.1, 0.15) is 49.3 Å². The van der Waals surface area contributed by atoms with Crippen molar-refractivity contribution in [2.24, 2.45) is 11.8 Å². The summed E-state index contributed by atoms with van der Waals surface area (Å²) in [4.78, 5) is 0. The fraction of sp³-hybridized carbons (Fsp3) is 0.647. The molecule has 0 radical (unpaired) electrons. The van der Waals surface area contributed by atoms with E-state index < -0.39 is 0 Å². The highest BCUT2D eigenvalue weighted by Crippen LogP contribution is 2.46. The normalized spacial score (nSPS) is 35.6. The third kappa shape index (κ3) is 1.97. The van der Waals surface area contributed by atoms with Crippen molar-refractivity contribution < 1.29 is 4.74 Å². The summed E-state index contributed by atoms with van der Waals surface area (Å²) >= 11 is 0. The number of nitrogens with one attached hydrogen (secondary N) is 1. The van der Waals surface area contributed by atoms with Crippen molar-refractivity contribution in [2.45, 2.75) is 50.6 Å². The van der Waals surface area contributed by atoms with Gasteiger partial charge in [0.05, 0.1) is 7.11 Å². The molecule has 0 amide bonds. The first-order valence-corrected chi connectivity index (χ1v) is 7.76. The average Bonchev–Trinajstić information content (AvgIpc) is 3.14. The standard InChI is InChI=1S/C17H23NO/c1-19-14-6-4-12-5-7-16(15(12)10-14)18-17-9-11-2-3-13(17)8-11/h4,6,10-11,13,16-18H,2-3,5,7-9H2,1H3. The Balaban J connectivity index is 1.52. The molecule has 3 aliphatic carbocycles. The molecule has 0 aromatic heterocycles. The lowest BCUT2D eigenvalue weighted by molar-refractivity contribution is 0.318. The van der Waals surface area contributed by atoms with Crippen LogP contribution in [-0.2, 0) is 6.42 Å². The average molecular weight is 257 g/mol. The van der Waals surface area contributed by atoms with E-state index in [1.165, 1.54) is 49.7 Å². The van der Waals surface area contributed by atoms with Gasteiger partial charge < -0.3 is 10.1 Å². The second-order valence-electron chi connectivity index (χ2n) is 6.60. The molecule has 4 unspecified atom stereocenters. The van der Waals surface area contributed by atoms with E-state index in [4.69, 9.17) is 4.74 Å². The number of ether oxygens (including phenoxy) is 1. The fourth-order valence-electron chi connectivity index (χ4n) is 4.59. The van der Waals surface area contributed by atoms with Gasteiger partial charge in [-0.3, -0.25) is 0 Å². The summed E-state index contributed by atoms with van der Waals surface area (Å²) in [7, 11) is 1.76. The monoisotopic (exact) mass is 257 g/mol. The van der Waals surface area contributed by atoms with Gasteiger partial charge in [0.15, 0.2) is 0 Å². The zero-order valence-corrected chi connectivity index (χ0v) is 11.7. The Morgan fingerprint density at radius 2 is 2.11 bits per heavy atom. The van der Waals surface area contributed by atoms with Crippen LogP contribution in [-0.4, -0.2) is 13.2 Å². The Morgan fingerprint density at radius 3 is 2.84 bits per heavy atom. The maximum Gasteiger partial charge on any atom is 0.119 e. The van der Waals surface area contributed by atoms with E-state index in [2.05, 4.69) is 23.5 Å². The van der Waals surface area contributed by atoms with Gasteiger partial charge >= 0.3 is 0 Å². The van der Waals surface area contributed by atoms with Crippen LogP contribution in [0.5, 0.6) is 5.75 Å². The van der Waals surface area contributed by atoms with Crippen molar-refractivity contribution in [3.8, 4) is 5.75 Å². The van der Waals surface area contributed by atoms with E-state index in [1.54, 1.807) is 7.11 Å². The Kier molecular flexibility index (Phi) is 2.80. The van der Waals surface area contributed by atoms with Gasteiger partial charge in [0, 0.05) is 12.1 Å². The van der Waals surface area contributed by atoms with E-state index in [0.717, 1.165) is 23.6 Å². The lowest BCUT2D eigenvalue weighted by atomic mass is 9.94. The molecule has 4 rings (SSSR count). The van der Waals surface area contributed by atoms with Gasteiger partial charge in [-0.25, -0.2) is 0 Å². The van der Waals surface area contributed by atoms with Crippen LogP contribution < -0.4 is 10.1 Å². The first-order valence-electron chi connectivity index (χ1n) is 7.76. The van der Waals surface area contributed by atoms with Gasteiger partial charge in [-0.15, -0.1) is 0 Å². The summed E-state index contributed by atoms with van der Waals surface area (Å²) in [5.74, 6) is 2.98. The van der Waals surface area contributed by atoms with E-state index in [1.807, 2.05) is 0 Å². The first-order chi connectivity index (χ1) is 9.33. The molecule has 102 valence electrons. The van der Waals surface area contributed by atoms with Crippen LogP contribution >= 0.6 is 0 Å². The van der Waals surface area contributed by atoms with Crippen molar-refractivity contribution >= 4 is 0 Å². The minimum absolute atomic E-state index is 0.564. The smallest absolute Gasteiger partial charge is 0.119 e. The van der Waals surface area contributed by atoms with Gasteiger partial charge in [0.1, 0.15) is 5.75 Å². The predicted molar refractivity (Wildman–Crippen MR) is 76.4 cm³/mol. The summed E-state index contributed by atoms with van der Waals surface area (Å²) in [6.45, 7) is 0. The van der Waals surface area contributed by atoms with Crippen molar-refractivity contribution in [3.63, 3.8) is 0 Å². The maximum atomic E-state index is 5.38. The SMILES string of the molecule is COc1ccc2c(c1)C(NC1CC3CCC1C3)CC2. The lowest BCUT2D eigenvalue weighted by Crippen LogP contribution is -2.36. The number of methoxy groups -OCH3 is 1. The first kappa shape index (κ1) is 11.8. The number of benzene rings is 1. The van der Waals surface area contributed by atoms with Crippen LogP contribution in [0.25, 0.3) is 0 Å². The van der Waals surface area contributed by atoms with Crippen molar-refractivity contribution in [3.05, 3.63) is 29.3 Å². The highest BCUT2D eigenvalue weighted by molar-refractivity contribution is 5.40. The summed E-state index contributed by atoms with van der Waals surface area (Å²) in [6, 6.07) is 7.93. The highest BCUT2D eigenvalue weighted by Gasteiger charge is 2.40. The topological polar surface area (TPSA) is 21.3 Å². The zero-order chi connectivity index (χ0) is 12.8. The Hall–Kier alpha value is -1.02. The molecule has 2 nitrogen and oxygen atoms in total. The van der Waals surface area contributed by atoms with Crippen molar-refractivity contribution in [1.29, 1.82) is 0 Å². The van der Waals surface area contributed by atoms with Gasteiger partial charge in [-0.2, -0.15) is 0 Å². The quantitative estimate of drug-likeness (QED) is 0.895. The summed E-state index contributed by atoms with van der Waals surface area (Å²) in [5, 5.41) is 3.96. The van der Waals surface area contributed by atoms with Crippen molar-refractivity contribution in [1.82, 2.24) is 5.32 Å². The zero-order valence-electron chi connectivity index (χ0n) is 11.7. The molecule has 1 aromatic rings. The second-order valence-corrected chi connectivity index (χ2v) is 6.60. The largest absolute Gasteiger partial charge is 0.497 e. The van der Waals surface area contributed by atoms with Gasteiger partial charge in [-0.1, -0.05) is 12.5 Å². The molecule has 2 saturated carbocycles. The van der Waals surface area contributed by atoms with Crippen LogP contribution in [0.15, 0.2) is 18.2 Å². The number of hydrogen-bond donors (Lipinski definition) is 1. The molecule has 2 fully saturated rings. The van der Waals surface area contributed by atoms with Gasteiger partial charge in [-0.05, 0) is 67.2 Å². The third-order valence-electron chi connectivity index (χ3n) is 5.58. The van der Waals surface area contributed by atoms with Gasteiger partial charge in [0.25, 0.3) is 0 Å². The summed E-state index contributed by atoms with van der Waals surface area (Å²) in [6.07, 6.45) is 8.32. The van der Waals surface area contributed by atoms with E-state index >= 15 is 0 Å². The molecule has 1 aromatic carbocycles. The van der Waals surface area contributed by atoms with Crippen molar-refractivity contribution in [2.75, 3.05) is 7.11 Å². The van der Waals surface area contributed by atoms with E-state index in [0.29, 0.717) is 6.04 Å². The molecule has 19 heavy (non-hydrogen) atoms. The third-order valence-corrected chi connectivity index (χ3v) is 5.58. The van der Waals surface area contributed by atoms with E-state index in [-0.39, 0.29) is 0 Å². The Labute approximate surface area is 115 Å². The Bertz CT molecular complexity index is 484. The Morgan fingerprint density at radius 1 is 1.16 bits per heavy atom. The molecule has 3 aliphatic rings. The van der Waals surface area contributed by atoms with Crippen LogP contribution in [0.2, 0.25) is 0 Å².